The molecular weight excluding hydrogens is 309 g/mol. The fourth-order valence-electron chi connectivity index (χ4n) is 2.43. The zero-order chi connectivity index (χ0) is 13.9. The summed E-state index contributed by atoms with van der Waals surface area (Å²) in [7, 11) is 0. The van der Waals surface area contributed by atoms with Crippen molar-refractivity contribution < 1.29 is 4.42 Å². The monoisotopic (exact) mass is 327 g/mol. The van der Waals surface area contributed by atoms with Gasteiger partial charge in [0.15, 0.2) is 0 Å². The first-order valence-electron chi connectivity index (χ1n) is 6.87. The SMILES string of the molecule is C[C@H]1CNCCN1Cc1coc(-c2ccc(Cl)cc2)n1.Cl. The number of nitrogens with zero attached hydrogens (tertiary/aromatic N) is 2. The lowest BCUT2D eigenvalue weighted by atomic mass is 10.2. The van der Waals surface area contributed by atoms with Crippen LogP contribution in [0.3, 0.4) is 0 Å². The Morgan fingerprint density at radius 1 is 1.38 bits per heavy atom. The van der Waals surface area contributed by atoms with Crippen LogP contribution >= 0.6 is 24.0 Å². The molecule has 0 aliphatic carbocycles. The van der Waals surface area contributed by atoms with Gasteiger partial charge in [0, 0.05) is 42.8 Å². The van der Waals surface area contributed by atoms with E-state index in [1.807, 2.05) is 24.3 Å². The molecule has 0 amide bonds. The van der Waals surface area contributed by atoms with Crippen molar-refractivity contribution >= 4 is 24.0 Å². The Kier molecular flexibility index (Phi) is 5.65. The van der Waals surface area contributed by atoms with Crippen LogP contribution in [-0.4, -0.2) is 35.6 Å². The third-order valence-electron chi connectivity index (χ3n) is 3.65. The van der Waals surface area contributed by atoms with E-state index in [0.717, 1.165) is 42.5 Å². The molecule has 6 heteroatoms. The molecule has 0 unspecified atom stereocenters. The number of halogens is 2. The minimum Gasteiger partial charge on any atom is -0.444 e. The minimum atomic E-state index is 0. The van der Waals surface area contributed by atoms with Crippen LogP contribution in [0.15, 0.2) is 34.9 Å². The summed E-state index contributed by atoms with van der Waals surface area (Å²) >= 11 is 5.89. The number of hydrogen-bond acceptors (Lipinski definition) is 4. The summed E-state index contributed by atoms with van der Waals surface area (Å²) in [4.78, 5) is 6.98. The van der Waals surface area contributed by atoms with Crippen LogP contribution < -0.4 is 5.32 Å². The Morgan fingerprint density at radius 3 is 2.86 bits per heavy atom. The third-order valence-corrected chi connectivity index (χ3v) is 3.90. The van der Waals surface area contributed by atoms with Crippen LogP contribution in [0.2, 0.25) is 5.02 Å². The quantitative estimate of drug-likeness (QED) is 0.939. The van der Waals surface area contributed by atoms with Gasteiger partial charge in [-0.25, -0.2) is 4.98 Å². The summed E-state index contributed by atoms with van der Waals surface area (Å²) in [5.41, 5.74) is 1.93. The molecule has 3 rings (SSSR count). The Bertz CT molecular complexity index is 571. The molecule has 1 fully saturated rings. The van der Waals surface area contributed by atoms with E-state index in [1.165, 1.54) is 0 Å². The van der Waals surface area contributed by atoms with Crippen molar-refractivity contribution in [2.75, 3.05) is 19.6 Å². The van der Waals surface area contributed by atoms with Gasteiger partial charge in [0.25, 0.3) is 0 Å². The molecule has 1 aromatic heterocycles. The van der Waals surface area contributed by atoms with Gasteiger partial charge >= 0.3 is 0 Å². The summed E-state index contributed by atoms with van der Waals surface area (Å²) < 4.78 is 5.57. The topological polar surface area (TPSA) is 41.3 Å². The first-order valence-corrected chi connectivity index (χ1v) is 7.25. The van der Waals surface area contributed by atoms with E-state index in [-0.39, 0.29) is 12.4 Å². The molecule has 1 aliphatic heterocycles. The van der Waals surface area contributed by atoms with Crippen molar-refractivity contribution in [2.45, 2.75) is 19.5 Å². The van der Waals surface area contributed by atoms with Gasteiger partial charge in [0.1, 0.15) is 6.26 Å². The number of benzene rings is 1. The maximum absolute atomic E-state index is 5.89. The summed E-state index contributed by atoms with van der Waals surface area (Å²) in [6.45, 7) is 6.17. The fourth-order valence-corrected chi connectivity index (χ4v) is 2.56. The maximum atomic E-state index is 5.89. The van der Waals surface area contributed by atoms with Gasteiger partial charge in [-0.15, -0.1) is 12.4 Å². The van der Waals surface area contributed by atoms with E-state index in [9.17, 15) is 0 Å². The van der Waals surface area contributed by atoms with Crippen LogP contribution in [0.5, 0.6) is 0 Å². The average molecular weight is 328 g/mol. The molecule has 1 aliphatic rings. The summed E-state index contributed by atoms with van der Waals surface area (Å²) in [5, 5.41) is 4.11. The van der Waals surface area contributed by atoms with Crippen LogP contribution in [0.1, 0.15) is 12.6 Å². The van der Waals surface area contributed by atoms with Gasteiger partial charge in [-0.1, -0.05) is 11.6 Å². The second-order valence-corrected chi connectivity index (χ2v) is 5.61. The van der Waals surface area contributed by atoms with Crippen molar-refractivity contribution in [3.05, 3.63) is 41.2 Å². The fraction of sp³-hybridized carbons (Fsp3) is 0.400. The number of piperazine rings is 1. The predicted octanol–water partition coefficient (Wildman–Crippen LogP) is 3.21. The molecule has 2 heterocycles. The largest absolute Gasteiger partial charge is 0.444 e. The van der Waals surface area contributed by atoms with E-state index >= 15 is 0 Å². The van der Waals surface area contributed by atoms with Gasteiger partial charge in [0.05, 0.1) is 5.69 Å². The highest BCUT2D eigenvalue weighted by atomic mass is 35.5. The Hall–Kier alpha value is -1.07. The van der Waals surface area contributed by atoms with Crippen molar-refractivity contribution in [3.8, 4) is 11.5 Å². The second kappa shape index (κ2) is 7.27. The number of aromatic nitrogens is 1. The van der Waals surface area contributed by atoms with E-state index in [0.29, 0.717) is 11.9 Å². The van der Waals surface area contributed by atoms with E-state index in [2.05, 4.69) is 22.1 Å². The minimum absolute atomic E-state index is 0. The lowest BCUT2D eigenvalue weighted by Gasteiger charge is -2.33. The Labute approximate surface area is 135 Å². The molecule has 2 aromatic rings. The lowest BCUT2D eigenvalue weighted by molar-refractivity contribution is 0.163. The smallest absolute Gasteiger partial charge is 0.226 e. The van der Waals surface area contributed by atoms with Gasteiger partial charge in [0.2, 0.25) is 5.89 Å². The molecular formula is C15H19Cl2N3O. The maximum Gasteiger partial charge on any atom is 0.226 e. The molecule has 0 saturated carbocycles. The van der Waals surface area contributed by atoms with Gasteiger partial charge in [-0.3, -0.25) is 4.90 Å². The van der Waals surface area contributed by atoms with Crippen LogP contribution in [0.4, 0.5) is 0 Å². The highest BCUT2D eigenvalue weighted by Gasteiger charge is 2.19. The predicted molar refractivity (Wildman–Crippen MR) is 86.9 cm³/mol. The van der Waals surface area contributed by atoms with Crippen molar-refractivity contribution in [1.29, 1.82) is 0 Å². The van der Waals surface area contributed by atoms with Crippen molar-refractivity contribution in [1.82, 2.24) is 15.2 Å². The van der Waals surface area contributed by atoms with Crippen LogP contribution in [0, 0.1) is 0 Å². The van der Waals surface area contributed by atoms with Gasteiger partial charge in [-0.05, 0) is 31.2 Å². The van der Waals surface area contributed by atoms with Crippen LogP contribution in [-0.2, 0) is 6.54 Å². The molecule has 1 aromatic carbocycles. The molecule has 0 bridgehead atoms. The molecule has 1 atom stereocenters. The first-order chi connectivity index (χ1) is 9.72. The van der Waals surface area contributed by atoms with E-state index < -0.39 is 0 Å². The molecule has 4 nitrogen and oxygen atoms in total. The summed E-state index contributed by atoms with van der Waals surface area (Å²) in [6, 6.07) is 8.06. The number of oxazole rings is 1. The molecule has 1 saturated heterocycles. The normalized spacial score (nSPS) is 19.2. The molecule has 21 heavy (non-hydrogen) atoms. The van der Waals surface area contributed by atoms with E-state index in [4.69, 9.17) is 16.0 Å². The summed E-state index contributed by atoms with van der Waals surface area (Å²) in [6.07, 6.45) is 1.75. The van der Waals surface area contributed by atoms with Crippen LogP contribution in [0.25, 0.3) is 11.5 Å². The number of nitrogens with one attached hydrogen (secondary N) is 1. The Morgan fingerprint density at radius 2 is 2.14 bits per heavy atom. The molecule has 114 valence electrons. The lowest BCUT2D eigenvalue weighted by Crippen LogP contribution is -2.49. The van der Waals surface area contributed by atoms with E-state index in [1.54, 1.807) is 6.26 Å². The average Bonchev–Trinajstić information content (AvgIpc) is 2.91. The zero-order valence-corrected chi connectivity index (χ0v) is 13.5. The van der Waals surface area contributed by atoms with Gasteiger partial charge in [-0.2, -0.15) is 0 Å². The second-order valence-electron chi connectivity index (χ2n) is 5.17. The highest BCUT2D eigenvalue weighted by molar-refractivity contribution is 6.30. The zero-order valence-electron chi connectivity index (χ0n) is 11.9. The third kappa shape index (κ3) is 3.98. The van der Waals surface area contributed by atoms with Crippen molar-refractivity contribution in [3.63, 3.8) is 0 Å². The first kappa shape index (κ1) is 16.3. The highest BCUT2D eigenvalue weighted by Crippen LogP contribution is 2.21. The van der Waals surface area contributed by atoms with Crippen molar-refractivity contribution in [2.24, 2.45) is 0 Å². The Balaban J connectivity index is 0.00000161. The summed E-state index contributed by atoms with van der Waals surface area (Å²) in [5.74, 6) is 0.652. The number of rotatable bonds is 3. The standard InChI is InChI=1S/C15H18ClN3O.ClH/c1-11-8-17-6-7-19(11)9-14-10-20-15(18-14)12-2-4-13(16)5-3-12;/h2-5,10-11,17H,6-9H2,1H3;1H/t11-;/m0./s1. The molecule has 0 radical (unpaired) electrons. The molecule has 1 N–H and O–H groups in total. The number of hydrogen-bond donors (Lipinski definition) is 1. The molecule has 0 spiro atoms. The van der Waals surface area contributed by atoms with Gasteiger partial charge < -0.3 is 9.73 Å².